The maximum atomic E-state index is 5.99. The highest BCUT2D eigenvalue weighted by molar-refractivity contribution is 15.0. The highest BCUT2D eigenvalue weighted by Gasteiger charge is 2.21. The molecule has 0 bridgehead atoms. The summed E-state index contributed by atoms with van der Waals surface area (Å²) in [6, 6.07) is 17.6. The van der Waals surface area contributed by atoms with E-state index >= 15 is 0 Å². The van der Waals surface area contributed by atoms with Crippen LogP contribution >= 0.6 is 37.2 Å². The topological polar surface area (TPSA) is 36.9 Å². The fraction of sp³-hybridized carbons (Fsp3) is 0.385. The first-order valence-corrected chi connectivity index (χ1v) is 21.8. The van der Waals surface area contributed by atoms with E-state index in [1.54, 1.807) is 28.4 Å². The molecule has 0 saturated carbocycles. The second kappa shape index (κ2) is 17.5. The van der Waals surface area contributed by atoms with Crippen LogP contribution in [0.5, 0.6) is 23.0 Å². The molecule has 6 heteroatoms. The van der Waals surface area contributed by atoms with E-state index in [1.165, 1.54) is 55.6 Å². The number of rotatable bonds is 12. The molecule has 0 amide bonds. The van der Waals surface area contributed by atoms with Gasteiger partial charge in [-0.15, -0.1) is 0 Å². The van der Waals surface area contributed by atoms with Crippen LogP contribution < -0.4 is 18.9 Å². The maximum absolute atomic E-state index is 5.99. The van der Waals surface area contributed by atoms with Crippen LogP contribution in [0.1, 0.15) is 80.6 Å². The quantitative estimate of drug-likeness (QED) is 0.133. The SMILES string of the molecule is CCc1ccc(OC)c(Cc2c(C)c(Cc3cc(C)c(OC)c(Cc4cc(CC)ccc4OC)c3C)cc(C)c2OC)c1.II. The smallest absolute Gasteiger partial charge is 0.125 e. The predicted molar refractivity (Wildman–Crippen MR) is 206 cm³/mol. The van der Waals surface area contributed by atoms with Crippen molar-refractivity contribution >= 4 is 37.2 Å². The van der Waals surface area contributed by atoms with Crippen LogP contribution in [0, 0.1) is 27.7 Å². The van der Waals surface area contributed by atoms with E-state index in [2.05, 4.69) is 127 Å². The Kier molecular flexibility index (Phi) is 14.4. The molecule has 242 valence electrons. The van der Waals surface area contributed by atoms with Gasteiger partial charge < -0.3 is 18.9 Å². The fourth-order valence-electron chi connectivity index (χ4n) is 6.40. The summed E-state index contributed by atoms with van der Waals surface area (Å²) in [6.07, 6.45) is 4.30. The average molecular weight is 835 g/mol. The molecule has 0 atom stereocenters. The van der Waals surface area contributed by atoms with E-state index in [9.17, 15) is 0 Å². The van der Waals surface area contributed by atoms with Crippen molar-refractivity contribution in [2.45, 2.75) is 73.6 Å². The van der Waals surface area contributed by atoms with Gasteiger partial charge in [-0.25, -0.2) is 0 Å². The summed E-state index contributed by atoms with van der Waals surface area (Å²) in [5, 5.41) is 0. The van der Waals surface area contributed by atoms with Crippen molar-refractivity contribution in [1.82, 2.24) is 0 Å². The molecule has 0 heterocycles. The number of hydrogen-bond donors (Lipinski definition) is 0. The molecule has 0 aliphatic rings. The monoisotopic (exact) mass is 834 g/mol. The Morgan fingerprint density at radius 1 is 0.489 bits per heavy atom. The Morgan fingerprint density at radius 2 is 0.867 bits per heavy atom. The van der Waals surface area contributed by atoms with Crippen molar-refractivity contribution in [3.8, 4) is 23.0 Å². The predicted octanol–water partition coefficient (Wildman–Crippen LogP) is 10.6. The fourth-order valence-corrected chi connectivity index (χ4v) is 6.40. The number of benzene rings is 4. The van der Waals surface area contributed by atoms with Gasteiger partial charge in [0.05, 0.1) is 28.4 Å². The largest absolute Gasteiger partial charge is 0.496 e. The highest BCUT2D eigenvalue weighted by Crippen LogP contribution is 2.38. The van der Waals surface area contributed by atoms with Crippen LogP contribution in [0.3, 0.4) is 0 Å². The van der Waals surface area contributed by atoms with E-state index in [0.29, 0.717) is 0 Å². The molecule has 0 radical (unpaired) electrons. The van der Waals surface area contributed by atoms with Crippen molar-refractivity contribution in [1.29, 1.82) is 0 Å². The van der Waals surface area contributed by atoms with E-state index < -0.39 is 0 Å². The van der Waals surface area contributed by atoms with Crippen molar-refractivity contribution in [2.75, 3.05) is 28.4 Å². The molecule has 0 fully saturated rings. The second-order valence-electron chi connectivity index (χ2n) is 11.5. The molecule has 45 heavy (non-hydrogen) atoms. The van der Waals surface area contributed by atoms with Gasteiger partial charge in [-0.05, 0) is 115 Å². The summed E-state index contributed by atoms with van der Waals surface area (Å²) in [4.78, 5) is 0. The first-order chi connectivity index (χ1) is 21.7. The summed E-state index contributed by atoms with van der Waals surface area (Å²) >= 11 is 4.24. The maximum Gasteiger partial charge on any atom is 0.125 e. The summed E-state index contributed by atoms with van der Waals surface area (Å²) in [6.45, 7) is 13.1. The summed E-state index contributed by atoms with van der Waals surface area (Å²) in [5.41, 5.74) is 14.8. The van der Waals surface area contributed by atoms with Crippen molar-refractivity contribution in [3.63, 3.8) is 0 Å². The Bertz CT molecular complexity index is 1490. The lowest BCUT2D eigenvalue weighted by molar-refractivity contribution is 0.403. The van der Waals surface area contributed by atoms with Crippen LogP contribution in [-0.4, -0.2) is 28.4 Å². The highest BCUT2D eigenvalue weighted by atomic mass is 128. The van der Waals surface area contributed by atoms with Gasteiger partial charge in [-0.1, -0.05) is 50.2 Å². The molecular weight excluding hydrogens is 786 g/mol. The molecule has 4 aromatic rings. The lowest BCUT2D eigenvalue weighted by Gasteiger charge is -2.22. The molecular formula is C39H48I2O4. The lowest BCUT2D eigenvalue weighted by atomic mass is 9.86. The number of halogens is 2. The summed E-state index contributed by atoms with van der Waals surface area (Å²) in [7, 11) is 7.04. The molecule has 0 aliphatic heterocycles. The Balaban J connectivity index is 0.00000271. The zero-order valence-electron chi connectivity index (χ0n) is 28.5. The molecule has 0 N–H and O–H groups in total. The first-order valence-electron chi connectivity index (χ1n) is 15.5. The Morgan fingerprint density at radius 3 is 1.18 bits per heavy atom. The first kappa shape index (κ1) is 37.0. The number of ether oxygens (including phenoxy) is 4. The normalized spacial score (nSPS) is 10.7. The van der Waals surface area contributed by atoms with Gasteiger partial charge in [-0.3, -0.25) is 0 Å². The number of hydrogen-bond acceptors (Lipinski definition) is 4. The lowest BCUT2D eigenvalue weighted by Crippen LogP contribution is -2.08. The van der Waals surface area contributed by atoms with Gasteiger partial charge >= 0.3 is 0 Å². The van der Waals surface area contributed by atoms with Crippen LogP contribution in [0.25, 0.3) is 0 Å². The van der Waals surface area contributed by atoms with E-state index in [0.717, 1.165) is 66.2 Å². The van der Waals surface area contributed by atoms with Gasteiger partial charge in [0, 0.05) is 61.2 Å². The molecule has 0 spiro atoms. The molecule has 4 rings (SSSR count). The minimum Gasteiger partial charge on any atom is -0.496 e. The van der Waals surface area contributed by atoms with Crippen LogP contribution in [0.4, 0.5) is 0 Å². The molecule has 0 aromatic heterocycles. The van der Waals surface area contributed by atoms with Gasteiger partial charge in [0.25, 0.3) is 0 Å². The van der Waals surface area contributed by atoms with Gasteiger partial charge in [-0.2, -0.15) is 0 Å². The molecule has 0 saturated heterocycles. The van der Waals surface area contributed by atoms with Gasteiger partial charge in [0.1, 0.15) is 23.0 Å². The second-order valence-corrected chi connectivity index (χ2v) is 11.5. The van der Waals surface area contributed by atoms with E-state index in [4.69, 9.17) is 18.9 Å². The van der Waals surface area contributed by atoms with Crippen molar-refractivity contribution in [2.24, 2.45) is 0 Å². The minimum atomic E-state index is 0.750. The number of aryl methyl sites for hydroxylation is 4. The minimum absolute atomic E-state index is 0.750. The molecule has 4 nitrogen and oxygen atoms in total. The van der Waals surface area contributed by atoms with Gasteiger partial charge in [0.2, 0.25) is 0 Å². The van der Waals surface area contributed by atoms with Crippen LogP contribution in [0.2, 0.25) is 0 Å². The molecule has 0 unspecified atom stereocenters. The Labute approximate surface area is 294 Å². The van der Waals surface area contributed by atoms with E-state index in [-0.39, 0.29) is 0 Å². The van der Waals surface area contributed by atoms with Crippen LogP contribution in [0.15, 0.2) is 48.5 Å². The molecule has 4 aromatic carbocycles. The third kappa shape index (κ3) is 8.47. The average Bonchev–Trinajstić information content (AvgIpc) is 3.06. The zero-order valence-corrected chi connectivity index (χ0v) is 32.9. The van der Waals surface area contributed by atoms with Gasteiger partial charge in [0.15, 0.2) is 0 Å². The third-order valence-corrected chi connectivity index (χ3v) is 8.94. The summed E-state index contributed by atoms with van der Waals surface area (Å²) in [5.74, 6) is 3.74. The van der Waals surface area contributed by atoms with E-state index in [1.807, 2.05) is 0 Å². The summed E-state index contributed by atoms with van der Waals surface area (Å²) < 4.78 is 23.5. The Hall–Kier alpha value is -2.46. The third-order valence-electron chi connectivity index (χ3n) is 8.94. The zero-order chi connectivity index (χ0) is 33.3. The molecule has 0 aliphatic carbocycles. The van der Waals surface area contributed by atoms with Crippen molar-refractivity contribution < 1.29 is 18.9 Å². The van der Waals surface area contributed by atoms with Crippen LogP contribution in [-0.2, 0) is 32.1 Å². The van der Waals surface area contributed by atoms with Crippen molar-refractivity contribution in [3.05, 3.63) is 115 Å². The standard InChI is InChI=1S/C39H48O4.I2/c1-11-28-13-15-36(40-7)32(19-28)22-34-26(5)30(17-24(3)38(34)42-9)21-31-18-25(4)39(43-10)35(27(31)6)23-33-20-29(12-2)14-16-37(33)41-8;1-2/h13-20H,11-12,21-23H2,1-10H3;. The number of methoxy groups -OCH3 is 4.